The molecule has 0 aromatic rings. The van der Waals surface area contributed by atoms with E-state index < -0.39 is 11.9 Å². The van der Waals surface area contributed by atoms with Gasteiger partial charge in [-0.3, -0.25) is 4.79 Å². The van der Waals surface area contributed by atoms with Crippen LogP contribution in [-0.2, 0) is 19.1 Å². The second-order valence-electron chi connectivity index (χ2n) is 9.12. The fraction of sp³-hybridized carbons (Fsp3) is 0.727. The van der Waals surface area contributed by atoms with Gasteiger partial charge in [-0.25, -0.2) is 4.79 Å². The summed E-state index contributed by atoms with van der Waals surface area (Å²) >= 11 is 0. The van der Waals surface area contributed by atoms with Crippen LogP contribution in [0.3, 0.4) is 0 Å². The molecule has 0 radical (unpaired) electrons. The average molecular weight is 390 g/mol. The maximum atomic E-state index is 12.1. The van der Waals surface area contributed by atoms with Crippen molar-refractivity contribution < 1.29 is 29.3 Å². The van der Waals surface area contributed by atoms with Gasteiger partial charge in [-0.2, -0.15) is 0 Å². The summed E-state index contributed by atoms with van der Waals surface area (Å²) in [5, 5.41) is 19.1. The second-order valence-corrected chi connectivity index (χ2v) is 9.12. The van der Waals surface area contributed by atoms with Crippen LogP contribution in [0.2, 0.25) is 0 Å². The van der Waals surface area contributed by atoms with Crippen LogP contribution < -0.4 is 0 Å². The maximum Gasteiger partial charge on any atom is 0.335 e. The minimum absolute atomic E-state index is 0.0614. The highest BCUT2D eigenvalue weighted by Gasteiger charge is 2.47. The fourth-order valence-corrected chi connectivity index (χ4v) is 5.07. The third kappa shape index (κ3) is 4.33. The molecule has 0 bridgehead atoms. The van der Waals surface area contributed by atoms with Crippen molar-refractivity contribution in [2.24, 2.45) is 23.7 Å². The van der Waals surface area contributed by atoms with Crippen LogP contribution in [0, 0.1) is 23.7 Å². The first-order valence-corrected chi connectivity index (χ1v) is 10.5. The molecule has 8 unspecified atom stereocenters. The molecule has 2 aliphatic carbocycles. The normalized spacial score (nSPS) is 42.4. The molecule has 4 rings (SSSR count). The zero-order valence-corrected chi connectivity index (χ0v) is 16.5. The Morgan fingerprint density at radius 3 is 1.82 bits per heavy atom. The van der Waals surface area contributed by atoms with E-state index >= 15 is 0 Å². The molecule has 8 atom stereocenters. The van der Waals surface area contributed by atoms with Crippen LogP contribution in [-0.4, -0.2) is 46.6 Å². The molecule has 0 aromatic carbocycles. The summed E-state index contributed by atoms with van der Waals surface area (Å²) < 4.78 is 11.3. The number of aliphatic carboxylic acids is 2. The van der Waals surface area contributed by atoms with Gasteiger partial charge in [0.05, 0.1) is 30.0 Å². The third-order valence-corrected chi connectivity index (χ3v) is 7.03. The largest absolute Gasteiger partial charge is 0.481 e. The zero-order valence-electron chi connectivity index (χ0n) is 16.5. The fourth-order valence-electron chi connectivity index (χ4n) is 5.07. The summed E-state index contributed by atoms with van der Waals surface area (Å²) in [6.07, 6.45) is 9.08. The van der Waals surface area contributed by atoms with Crippen molar-refractivity contribution in [1.29, 1.82) is 0 Å². The highest BCUT2D eigenvalue weighted by Crippen LogP contribution is 2.45. The molecule has 2 saturated heterocycles. The van der Waals surface area contributed by atoms with Crippen molar-refractivity contribution >= 4 is 11.9 Å². The topological polar surface area (TPSA) is 99.7 Å². The van der Waals surface area contributed by atoms with Gasteiger partial charge < -0.3 is 19.7 Å². The molecule has 2 N–H and O–H groups in total. The molecule has 6 nitrogen and oxygen atoms in total. The number of hydrogen-bond acceptors (Lipinski definition) is 4. The third-order valence-electron chi connectivity index (χ3n) is 7.03. The van der Waals surface area contributed by atoms with Gasteiger partial charge in [0, 0.05) is 6.42 Å². The molecule has 4 fully saturated rings. The molecule has 2 heterocycles. The Labute approximate surface area is 165 Å². The van der Waals surface area contributed by atoms with Gasteiger partial charge in [0.15, 0.2) is 0 Å². The standard InChI is InChI=1S/C22H30O6/c1-11-5-17-19(27-17)9-14(11)7-13(3-4-21(23)24)16(22(25)26)8-15-10-20-18(28-20)6-12(15)2/h7-8,11-12,14-15,17-20H,3-6,9-10H2,1-2H3,(H,23,24)(H,25,26). The van der Waals surface area contributed by atoms with E-state index in [2.05, 4.69) is 13.8 Å². The number of fused-ring (bicyclic) bond motifs is 2. The van der Waals surface area contributed by atoms with Crippen molar-refractivity contribution in [2.45, 2.75) is 76.8 Å². The summed E-state index contributed by atoms with van der Waals surface area (Å²) in [4.78, 5) is 23.3. The summed E-state index contributed by atoms with van der Waals surface area (Å²) in [6.45, 7) is 4.32. The van der Waals surface area contributed by atoms with Crippen LogP contribution in [0.1, 0.15) is 52.4 Å². The van der Waals surface area contributed by atoms with Crippen LogP contribution in [0.25, 0.3) is 0 Å². The predicted octanol–water partition coefficient (Wildman–Crippen LogP) is 3.42. The van der Waals surface area contributed by atoms with E-state index in [9.17, 15) is 14.7 Å². The monoisotopic (exact) mass is 390 g/mol. The Kier molecular flexibility index (Phi) is 5.36. The average Bonchev–Trinajstić information content (AvgIpc) is 3.52. The molecule has 6 heteroatoms. The lowest BCUT2D eigenvalue weighted by atomic mass is 9.77. The van der Waals surface area contributed by atoms with Crippen molar-refractivity contribution in [3.05, 3.63) is 23.3 Å². The van der Waals surface area contributed by atoms with Crippen molar-refractivity contribution in [1.82, 2.24) is 0 Å². The molecule has 0 spiro atoms. The minimum atomic E-state index is -0.966. The predicted molar refractivity (Wildman–Crippen MR) is 102 cm³/mol. The summed E-state index contributed by atoms with van der Waals surface area (Å²) in [7, 11) is 0. The number of epoxide rings is 2. The Morgan fingerprint density at radius 2 is 1.32 bits per heavy atom. The van der Waals surface area contributed by atoms with Crippen molar-refractivity contribution in [2.75, 3.05) is 0 Å². The van der Waals surface area contributed by atoms with E-state index in [1.807, 2.05) is 12.2 Å². The van der Waals surface area contributed by atoms with E-state index in [1.54, 1.807) is 0 Å². The first-order valence-electron chi connectivity index (χ1n) is 10.5. The van der Waals surface area contributed by atoms with E-state index in [4.69, 9.17) is 14.6 Å². The number of allylic oxidation sites excluding steroid dienone is 2. The number of ether oxygens (including phenoxy) is 2. The Bertz CT molecular complexity index is 710. The number of carbonyl (C=O) groups is 2. The van der Waals surface area contributed by atoms with Gasteiger partial charge in [-0.05, 0) is 61.3 Å². The van der Waals surface area contributed by atoms with Crippen molar-refractivity contribution in [3.63, 3.8) is 0 Å². The number of carboxylic acid groups (broad SMARTS) is 2. The molecular weight excluding hydrogens is 360 g/mol. The molecule has 2 saturated carbocycles. The maximum absolute atomic E-state index is 12.1. The van der Waals surface area contributed by atoms with Gasteiger partial charge in [0.25, 0.3) is 0 Å². The molecule has 4 aliphatic rings. The van der Waals surface area contributed by atoms with Crippen LogP contribution >= 0.6 is 0 Å². The van der Waals surface area contributed by atoms with Gasteiger partial charge in [-0.15, -0.1) is 0 Å². The molecular formula is C22H30O6. The first-order chi connectivity index (χ1) is 13.3. The lowest BCUT2D eigenvalue weighted by Crippen LogP contribution is -2.23. The summed E-state index contributed by atoms with van der Waals surface area (Å²) in [5.41, 5.74) is 0.945. The smallest absolute Gasteiger partial charge is 0.335 e. The molecule has 154 valence electrons. The van der Waals surface area contributed by atoms with E-state index in [1.165, 1.54) is 0 Å². The van der Waals surface area contributed by atoms with Gasteiger partial charge in [0.2, 0.25) is 0 Å². The second kappa shape index (κ2) is 7.64. The Balaban J connectivity index is 1.59. The Hall–Kier alpha value is -1.66. The first kappa shape index (κ1) is 19.6. The molecule has 2 aliphatic heterocycles. The minimum Gasteiger partial charge on any atom is -0.481 e. The highest BCUT2D eigenvalue weighted by atomic mass is 16.6. The quantitative estimate of drug-likeness (QED) is 0.393. The number of hydrogen-bond donors (Lipinski definition) is 2. The molecule has 0 aromatic heterocycles. The Morgan fingerprint density at radius 1 is 0.821 bits per heavy atom. The van der Waals surface area contributed by atoms with Crippen LogP contribution in [0.5, 0.6) is 0 Å². The molecule has 28 heavy (non-hydrogen) atoms. The summed E-state index contributed by atoms with van der Waals surface area (Å²) in [6, 6.07) is 0. The molecule has 0 amide bonds. The SMILES string of the molecule is CC1CC2OC2CC1C=C(CCC(=O)O)C(=CC1CC2OC2CC1C)C(=O)O. The lowest BCUT2D eigenvalue weighted by Gasteiger charge is -2.26. The number of rotatable bonds is 7. The van der Waals surface area contributed by atoms with Gasteiger partial charge in [-0.1, -0.05) is 26.0 Å². The van der Waals surface area contributed by atoms with Crippen LogP contribution in [0.4, 0.5) is 0 Å². The van der Waals surface area contributed by atoms with Crippen LogP contribution in [0.15, 0.2) is 23.3 Å². The van der Waals surface area contributed by atoms with E-state index in [0.717, 1.165) is 25.7 Å². The van der Waals surface area contributed by atoms with E-state index in [-0.39, 0.29) is 42.5 Å². The zero-order chi connectivity index (χ0) is 20.0. The summed E-state index contributed by atoms with van der Waals surface area (Å²) in [5.74, 6) is -0.705. The van der Waals surface area contributed by atoms with Crippen molar-refractivity contribution in [3.8, 4) is 0 Å². The van der Waals surface area contributed by atoms with Gasteiger partial charge >= 0.3 is 11.9 Å². The number of carboxylic acids is 2. The van der Waals surface area contributed by atoms with Gasteiger partial charge in [0.1, 0.15) is 0 Å². The highest BCUT2D eigenvalue weighted by molar-refractivity contribution is 5.92. The van der Waals surface area contributed by atoms with E-state index in [0.29, 0.717) is 29.6 Å². The lowest BCUT2D eigenvalue weighted by molar-refractivity contribution is -0.137.